The van der Waals surface area contributed by atoms with Crippen molar-refractivity contribution >= 4 is 32.4 Å². The van der Waals surface area contributed by atoms with Gasteiger partial charge in [0.1, 0.15) is 0 Å². The van der Waals surface area contributed by atoms with Crippen LogP contribution in [0.25, 0.3) is 0 Å². The van der Waals surface area contributed by atoms with E-state index in [1.807, 2.05) is 17.0 Å². The van der Waals surface area contributed by atoms with E-state index in [-0.39, 0.29) is 16.8 Å². The number of sulfonamides is 1. The van der Waals surface area contributed by atoms with Gasteiger partial charge in [-0.2, -0.15) is 0 Å². The quantitative estimate of drug-likeness (QED) is 0.326. The van der Waals surface area contributed by atoms with Gasteiger partial charge in [-0.1, -0.05) is 78.9 Å². The van der Waals surface area contributed by atoms with Crippen molar-refractivity contribution in [1.82, 2.24) is 14.8 Å². The summed E-state index contributed by atoms with van der Waals surface area (Å²) in [5.41, 5.74) is 3.21. The topological polar surface area (TPSA) is 82.6 Å². The Morgan fingerprint density at radius 3 is 1.97 bits per heavy atom. The molecule has 1 N–H and O–H groups in total. The molecule has 3 aromatic carbocycles. The van der Waals surface area contributed by atoms with Crippen molar-refractivity contribution in [1.29, 1.82) is 0 Å². The maximum absolute atomic E-state index is 13.0. The second kappa shape index (κ2) is 11.9. The molecule has 0 bridgehead atoms. The van der Waals surface area contributed by atoms with E-state index in [2.05, 4.69) is 63.1 Å². The molecule has 7 nitrogen and oxygen atoms in total. The summed E-state index contributed by atoms with van der Waals surface area (Å²) in [6.07, 6.45) is 0.814. The zero-order chi connectivity index (χ0) is 26.4. The molecule has 38 heavy (non-hydrogen) atoms. The van der Waals surface area contributed by atoms with Crippen molar-refractivity contribution in [2.24, 2.45) is 0 Å². The van der Waals surface area contributed by atoms with Gasteiger partial charge in [0.05, 0.1) is 16.6 Å². The van der Waals surface area contributed by atoms with Crippen LogP contribution in [0.2, 0.25) is 0 Å². The Morgan fingerprint density at radius 1 is 0.842 bits per heavy atom. The second-order valence-electron chi connectivity index (χ2n) is 9.20. The van der Waals surface area contributed by atoms with Crippen LogP contribution in [0.3, 0.4) is 0 Å². The second-order valence-corrected chi connectivity index (χ2v) is 11.7. The molecule has 5 rings (SSSR count). The van der Waals surface area contributed by atoms with Gasteiger partial charge in [0, 0.05) is 38.0 Å². The van der Waals surface area contributed by atoms with Crippen molar-refractivity contribution in [2.45, 2.75) is 23.8 Å². The third-order valence-corrected chi connectivity index (χ3v) is 8.98. The van der Waals surface area contributed by atoms with Gasteiger partial charge >= 0.3 is 0 Å². The summed E-state index contributed by atoms with van der Waals surface area (Å²) in [5, 5.41) is 2.11. The third kappa shape index (κ3) is 6.30. The number of amides is 1. The number of carbonyl (C=O) groups excluding carboxylic acids is 1. The summed E-state index contributed by atoms with van der Waals surface area (Å²) in [6, 6.07) is 29.4. The molecule has 1 amide bonds. The number of rotatable bonds is 9. The SMILES string of the molecule is O=C(CCc1csc(NS(=O)(=O)c2ccccc2)n1)N1CCN(C(c2ccccc2)c2ccccc2)CC1. The van der Waals surface area contributed by atoms with Gasteiger partial charge in [-0.15, -0.1) is 11.3 Å². The van der Waals surface area contributed by atoms with Crippen LogP contribution < -0.4 is 4.72 Å². The van der Waals surface area contributed by atoms with Crippen molar-refractivity contribution in [3.05, 3.63) is 113 Å². The van der Waals surface area contributed by atoms with Crippen molar-refractivity contribution in [3.8, 4) is 0 Å². The van der Waals surface area contributed by atoms with Crippen LogP contribution in [0.1, 0.15) is 29.3 Å². The van der Waals surface area contributed by atoms with Crippen molar-refractivity contribution < 1.29 is 13.2 Å². The average Bonchev–Trinajstić information content (AvgIpc) is 3.40. The minimum atomic E-state index is -3.68. The lowest BCUT2D eigenvalue weighted by atomic mass is 9.96. The summed E-state index contributed by atoms with van der Waals surface area (Å²) in [6.45, 7) is 2.94. The smallest absolute Gasteiger partial charge is 0.263 e. The average molecular weight is 547 g/mol. The van der Waals surface area contributed by atoms with Gasteiger partial charge in [0.2, 0.25) is 5.91 Å². The van der Waals surface area contributed by atoms with Crippen LogP contribution in [0.5, 0.6) is 0 Å². The van der Waals surface area contributed by atoms with E-state index >= 15 is 0 Å². The highest BCUT2D eigenvalue weighted by Crippen LogP contribution is 2.29. The number of piperazine rings is 1. The lowest BCUT2D eigenvalue weighted by Gasteiger charge is -2.39. The largest absolute Gasteiger partial charge is 0.340 e. The predicted molar refractivity (Wildman–Crippen MR) is 151 cm³/mol. The lowest BCUT2D eigenvalue weighted by molar-refractivity contribution is -0.133. The normalized spacial score (nSPS) is 14.5. The van der Waals surface area contributed by atoms with E-state index in [9.17, 15) is 13.2 Å². The van der Waals surface area contributed by atoms with Crippen molar-refractivity contribution in [3.63, 3.8) is 0 Å². The highest BCUT2D eigenvalue weighted by Gasteiger charge is 2.28. The molecule has 4 aromatic rings. The summed E-state index contributed by atoms with van der Waals surface area (Å²) in [7, 11) is -3.68. The zero-order valence-electron chi connectivity index (χ0n) is 20.9. The number of anilines is 1. The Balaban J connectivity index is 1.15. The van der Waals surface area contributed by atoms with Gasteiger partial charge in [0.25, 0.3) is 10.0 Å². The van der Waals surface area contributed by atoms with E-state index in [4.69, 9.17) is 0 Å². The van der Waals surface area contributed by atoms with Crippen molar-refractivity contribution in [2.75, 3.05) is 30.9 Å². The molecule has 1 aliphatic heterocycles. The number of benzene rings is 3. The molecule has 196 valence electrons. The monoisotopic (exact) mass is 546 g/mol. The van der Waals surface area contributed by atoms with Gasteiger partial charge in [-0.05, 0) is 29.7 Å². The fourth-order valence-electron chi connectivity index (χ4n) is 4.75. The Morgan fingerprint density at radius 2 is 1.39 bits per heavy atom. The lowest BCUT2D eigenvalue weighted by Crippen LogP contribution is -2.49. The number of nitrogens with one attached hydrogen (secondary N) is 1. The Hall–Kier alpha value is -3.53. The number of aryl methyl sites for hydroxylation is 1. The molecule has 1 aliphatic rings. The number of aromatic nitrogens is 1. The number of thiazole rings is 1. The Kier molecular flexibility index (Phi) is 8.17. The molecule has 0 saturated carbocycles. The third-order valence-electron chi connectivity index (χ3n) is 6.68. The van der Waals surface area contributed by atoms with Crippen LogP contribution in [0, 0.1) is 0 Å². The molecule has 1 saturated heterocycles. The van der Waals surface area contributed by atoms with E-state index in [0.29, 0.717) is 36.8 Å². The van der Waals surface area contributed by atoms with E-state index < -0.39 is 10.0 Å². The summed E-state index contributed by atoms with van der Waals surface area (Å²) in [5.74, 6) is 0.0973. The molecule has 9 heteroatoms. The molecular formula is C29H30N4O3S2. The molecule has 1 fully saturated rings. The first-order valence-electron chi connectivity index (χ1n) is 12.6. The van der Waals surface area contributed by atoms with Crippen LogP contribution in [-0.2, 0) is 21.2 Å². The van der Waals surface area contributed by atoms with E-state index in [1.165, 1.54) is 34.6 Å². The summed E-state index contributed by atoms with van der Waals surface area (Å²) < 4.78 is 27.6. The number of carbonyl (C=O) groups is 1. The molecule has 0 radical (unpaired) electrons. The van der Waals surface area contributed by atoms with Gasteiger partial charge < -0.3 is 4.90 Å². The number of nitrogens with zero attached hydrogens (tertiary/aromatic N) is 3. The molecule has 1 aromatic heterocycles. The standard InChI is InChI=1S/C29H30N4O3S2/c34-27(17-16-25-22-37-29(30-25)31-38(35,36)26-14-8-3-9-15-26)32-18-20-33(21-19-32)28(23-10-4-1-5-11-23)24-12-6-2-7-13-24/h1-15,22,28H,16-21H2,(H,30,31). The molecule has 2 heterocycles. The Labute approximate surface area is 227 Å². The summed E-state index contributed by atoms with van der Waals surface area (Å²) in [4.78, 5) is 21.9. The molecular weight excluding hydrogens is 516 g/mol. The van der Waals surface area contributed by atoms with Gasteiger partial charge in [-0.25, -0.2) is 13.4 Å². The van der Waals surface area contributed by atoms with Crippen LogP contribution in [0.15, 0.2) is 101 Å². The van der Waals surface area contributed by atoms with Gasteiger partial charge in [-0.3, -0.25) is 14.4 Å². The van der Waals surface area contributed by atoms with Crippen LogP contribution in [0.4, 0.5) is 5.13 Å². The Bertz CT molecular complexity index is 1400. The molecule has 0 aliphatic carbocycles. The first kappa shape index (κ1) is 26.1. The maximum atomic E-state index is 13.0. The molecule has 0 unspecified atom stereocenters. The first-order valence-corrected chi connectivity index (χ1v) is 15.0. The summed E-state index contributed by atoms with van der Waals surface area (Å²) >= 11 is 1.22. The number of hydrogen-bond acceptors (Lipinski definition) is 6. The molecule has 0 atom stereocenters. The molecule has 0 spiro atoms. The highest BCUT2D eigenvalue weighted by atomic mass is 32.2. The van der Waals surface area contributed by atoms with Gasteiger partial charge in [0.15, 0.2) is 5.13 Å². The minimum absolute atomic E-state index is 0.0973. The fourth-order valence-corrected chi connectivity index (χ4v) is 6.77. The van der Waals surface area contributed by atoms with Crippen LogP contribution >= 0.6 is 11.3 Å². The van der Waals surface area contributed by atoms with E-state index in [0.717, 1.165) is 13.1 Å². The zero-order valence-corrected chi connectivity index (χ0v) is 22.6. The van der Waals surface area contributed by atoms with Crippen LogP contribution in [-0.4, -0.2) is 55.3 Å². The number of hydrogen-bond donors (Lipinski definition) is 1. The minimum Gasteiger partial charge on any atom is -0.340 e. The predicted octanol–water partition coefficient (Wildman–Crippen LogP) is 4.81. The maximum Gasteiger partial charge on any atom is 0.263 e. The first-order chi connectivity index (χ1) is 18.5. The fraction of sp³-hybridized carbons (Fsp3) is 0.241. The van der Waals surface area contributed by atoms with E-state index in [1.54, 1.807) is 23.6 Å². The highest BCUT2D eigenvalue weighted by molar-refractivity contribution is 7.93.